The van der Waals surface area contributed by atoms with Gasteiger partial charge in [-0.25, -0.2) is 0 Å². The maximum absolute atomic E-state index is 3.69. The van der Waals surface area contributed by atoms with Crippen molar-refractivity contribution in [3.63, 3.8) is 0 Å². The Morgan fingerprint density at radius 1 is 1.47 bits per heavy atom. The highest BCUT2D eigenvalue weighted by Crippen LogP contribution is 2.25. The quantitative estimate of drug-likeness (QED) is 0.671. The summed E-state index contributed by atoms with van der Waals surface area (Å²) in [6.07, 6.45) is 12.3. The summed E-state index contributed by atoms with van der Waals surface area (Å²) in [5.41, 5.74) is 4.18. The van der Waals surface area contributed by atoms with E-state index in [4.69, 9.17) is 0 Å². The van der Waals surface area contributed by atoms with E-state index in [1.807, 2.05) is 12.2 Å². The zero-order chi connectivity index (χ0) is 11.1. The van der Waals surface area contributed by atoms with E-state index in [0.717, 1.165) is 19.4 Å². The van der Waals surface area contributed by atoms with Crippen LogP contribution in [-0.2, 0) is 0 Å². The van der Waals surface area contributed by atoms with Crippen molar-refractivity contribution in [2.24, 2.45) is 0 Å². The van der Waals surface area contributed by atoms with Crippen LogP contribution >= 0.6 is 0 Å². The Balaban J connectivity index is 2.77. The molecule has 80 valence electrons. The van der Waals surface area contributed by atoms with Gasteiger partial charge in [-0.1, -0.05) is 37.5 Å². The molecular weight excluding hydrogens is 182 g/mol. The molecule has 0 aromatic carbocycles. The van der Waals surface area contributed by atoms with Gasteiger partial charge < -0.3 is 5.32 Å². The molecule has 1 aliphatic rings. The molecule has 1 aliphatic carbocycles. The molecule has 1 N–H and O–H groups in total. The SMILES string of the molecule is C=C/C=C\C1=C(C)C(CNC=C)=CCC1. The van der Waals surface area contributed by atoms with E-state index in [1.165, 1.54) is 16.7 Å². The molecule has 0 heterocycles. The van der Waals surface area contributed by atoms with Gasteiger partial charge in [0, 0.05) is 6.54 Å². The first-order chi connectivity index (χ1) is 7.29. The highest BCUT2D eigenvalue weighted by atomic mass is 14.8. The van der Waals surface area contributed by atoms with E-state index in [-0.39, 0.29) is 0 Å². The lowest BCUT2D eigenvalue weighted by atomic mass is 9.91. The van der Waals surface area contributed by atoms with Crippen LogP contribution in [0.2, 0.25) is 0 Å². The van der Waals surface area contributed by atoms with Gasteiger partial charge in [-0.15, -0.1) is 0 Å². The Morgan fingerprint density at radius 2 is 2.27 bits per heavy atom. The second-order valence-electron chi connectivity index (χ2n) is 3.60. The van der Waals surface area contributed by atoms with E-state index >= 15 is 0 Å². The zero-order valence-corrected chi connectivity index (χ0v) is 9.42. The first-order valence-electron chi connectivity index (χ1n) is 5.32. The fourth-order valence-corrected chi connectivity index (χ4v) is 1.73. The minimum absolute atomic E-state index is 0.876. The van der Waals surface area contributed by atoms with Gasteiger partial charge in [-0.2, -0.15) is 0 Å². The molecule has 0 saturated carbocycles. The summed E-state index contributed by atoms with van der Waals surface area (Å²) in [7, 11) is 0. The average Bonchev–Trinajstić information content (AvgIpc) is 2.26. The zero-order valence-electron chi connectivity index (χ0n) is 9.42. The van der Waals surface area contributed by atoms with E-state index < -0.39 is 0 Å². The van der Waals surface area contributed by atoms with E-state index in [9.17, 15) is 0 Å². The van der Waals surface area contributed by atoms with Crippen molar-refractivity contribution in [3.05, 3.63) is 60.4 Å². The van der Waals surface area contributed by atoms with E-state index in [0.29, 0.717) is 0 Å². The summed E-state index contributed by atoms with van der Waals surface area (Å²) < 4.78 is 0. The van der Waals surface area contributed by atoms with Gasteiger partial charge in [-0.3, -0.25) is 0 Å². The van der Waals surface area contributed by atoms with E-state index in [2.05, 4.69) is 37.6 Å². The first-order valence-corrected chi connectivity index (χ1v) is 5.32. The van der Waals surface area contributed by atoms with Crippen LogP contribution in [0.4, 0.5) is 0 Å². The lowest BCUT2D eigenvalue weighted by molar-refractivity contribution is 0.879. The summed E-state index contributed by atoms with van der Waals surface area (Å²) in [5, 5.41) is 3.14. The average molecular weight is 201 g/mol. The monoisotopic (exact) mass is 201 g/mol. The predicted molar refractivity (Wildman–Crippen MR) is 67.6 cm³/mol. The van der Waals surface area contributed by atoms with Crippen molar-refractivity contribution in [1.29, 1.82) is 0 Å². The number of hydrogen-bond acceptors (Lipinski definition) is 1. The van der Waals surface area contributed by atoms with Crippen molar-refractivity contribution in [2.45, 2.75) is 19.8 Å². The lowest BCUT2D eigenvalue weighted by Crippen LogP contribution is -2.12. The molecule has 0 bridgehead atoms. The fourth-order valence-electron chi connectivity index (χ4n) is 1.73. The van der Waals surface area contributed by atoms with Crippen molar-refractivity contribution >= 4 is 0 Å². The molecule has 0 saturated heterocycles. The second-order valence-corrected chi connectivity index (χ2v) is 3.60. The number of rotatable bonds is 5. The van der Waals surface area contributed by atoms with Crippen LogP contribution < -0.4 is 5.32 Å². The van der Waals surface area contributed by atoms with Crippen LogP contribution in [0.3, 0.4) is 0 Å². The smallest absolute Gasteiger partial charge is 0.0394 e. The largest absolute Gasteiger partial charge is 0.387 e. The number of nitrogens with one attached hydrogen (secondary N) is 1. The number of allylic oxidation sites excluding steroid dienone is 5. The third kappa shape index (κ3) is 3.28. The van der Waals surface area contributed by atoms with Crippen LogP contribution in [0.5, 0.6) is 0 Å². The van der Waals surface area contributed by atoms with Crippen LogP contribution in [0.1, 0.15) is 19.8 Å². The summed E-state index contributed by atoms with van der Waals surface area (Å²) >= 11 is 0. The minimum atomic E-state index is 0.876. The molecule has 0 radical (unpaired) electrons. The topological polar surface area (TPSA) is 12.0 Å². The maximum atomic E-state index is 3.69. The molecule has 0 spiro atoms. The van der Waals surface area contributed by atoms with Crippen LogP contribution in [0.25, 0.3) is 0 Å². The highest BCUT2D eigenvalue weighted by molar-refractivity contribution is 5.43. The molecule has 0 atom stereocenters. The second kappa shape index (κ2) is 6.07. The third-order valence-electron chi connectivity index (χ3n) is 2.64. The van der Waals surface area contributed by atoms with Crippen LogP contribution in [-0.4, -0.2) is 6.54 Å². The molecule has 15 heavy (non-hydrogen) atoms. The molecule has 0 unspecified atom stereocenters. The molecule has 1 rings (SSSR count). The predicted octanol–water partition coefficient (Wildman–Crippen LogP) is 3.50. The summed E-state index contributed by atoms with van der Waals surface area (Å²) in [6.45, 7) is 10.4. The molecule has 0 fully saturated rings. The normalized spacial score (nSPS) is 16.5. The Labute approximate surface area is 92.6 Å². The molecule has 0 aliphatic heterocycles. The Bertz CT molecular complexity index is 329. The standard InChI is InChI=1S/C14H19N/c1-4-6-8-13-9-7-10-14(12(13)3)11-15-5-2/h4-6,8,10,15H,1-2,7,9,11H2,3H3/b8-6-. The molecule has 1 nitrogen and oxygen atoms in total. The van der Waals surface area contributed by atoms with Crippen LogP contribution in [0.15, 0.2) is 60.4 Å². The summed E-state index contributed by atoms with van der Waals surface area (Å²) in [6, 6.07) is 0. The Hall–Kier alpha value is -1.50. The van der Waals surface area contributed by atoms with Gasteiger partial charge in [0.25, 0.3) is 0 Å². The van der Waals surface area contributed by atoms with E-state index in [1.54, 1.807) is 6.20 Å². The Morgan fingerprint density at radius 3 is 2.93 bits per heavy atom. The minimum Gasteiger partial charge on any atom is -0.387 e. The molecule has 0 aromatic rings. The van der Waals surface area contributed by atoms with Crippen molar-refractivity contribution < 1.29 is 0 Å². The maximum Gasteiger partial charge on any atom is 0.0394 e. The van der Waals surface area contributed by atoms with Gasteiger partial charge in [0.15, 0.2) is 0 Å². The van der Waals surface area contributed by atoms with Gasteiger partial charge in [-0.05, 0) is 42.7 Å². The van der Waals surface area contributed by atoms with Crippen molar-refractivity contribution in [3.8, 4) is 0 Å². The van der Waals surface area contributed by atoms with Gasteiger partial charge >= 0.3 is 0 Å². The molecule has 1 heteroatoms. The number of hydrogen-bond donors (Lipinski definition) is 1. The van der Waals surface area contributed by atoms with Gasteiger partial charge in [0.05, 0.1) is 0 Å². The van der Waals surface area contributed by atoms with Crippen molar-refractivity contribution in [2.75, 3.05) is 6.54 Å². The third-order valence-corrected chi connectivity index (χ3v) is 2.64. The highest BCUT2D eigenvalue weighted by Gasteiger charge is 2.09. The molecule has 0 aromatic heterocycles. The fraction of sp³-hybridized carbons (Fsp3) is 0.286. The molecular formula is C14H19N. The van der Waals surface area contributed by atoms with Gasteiger partial charge in [0.2, 0.25) is 0 Å². The summed E-state index contributed by atoms with van der Waals surface area (Å²) in [4.78, 5) is 0. The Kier molecular flexibility index (Phi) is 4.69. The van der Waals surface area contributed by atoms with Gasteiger partial charge in [0.1, 0.15) is 0 Å². The lowest BCUT2D eigenvalue weighted by Gasteiger charge is -2.17. The van der Waals surface area contributed by atoms with Crippen molar-refractivity contribution in [1.82, 2.24) is 5.32 Å². The first kappa shape index (κ1) is 11.6. The molecule has 0 amide bonds. The van der Waals surface area contributed by atoms with Crippen LogP contribution in [0, 0.1) is 0 Å². The summed E-state index contributed by atoms with van der Waals surface area (Å²) in [5.74, 6) is 0.